The molecule has 0 fully saturated rings. The van der Waals surface area contributed by atoms with Crippen LogP contribution >= 0.6 is 15.9 Å². The van der Waals surface area contributed by atoms with Gasteiger partial charge in [0, 0.05) is 18.2 Å². The molecule has 0 bridgehead atoms. The van der Waals surface area contributed by atoms with Crippen molar-refractivity contribution in [3.05, 3.63) is 27.2 Å². The summed E-state index contributed by atoms with van der Waals surface area (Å²) in [7, 11) is 0. The van der Waals surface area contributed by atoms with E-state index in [0.29, 0.717) is 16.5 Å². The minimum atomic E-state index is -0.328. The van der Waals surface area contributed by atoms with Crippen LogP contribution in [-0.4, -0.2) is 16.8 Å². The zero-order valence-corrected chi connectivity index (χ0v) is 10.5. The second kappa shape index (κ2) is 4.96. The van der Waals surface area contributed by atoms with Crippen molar-refractivity contribution < 1.29 is 10.2 Å². The summed E-state index contributed by atoms with van der Waals surface area (Å²) < 4.78 is 0.686. The first-order valence-electron chi connectivity index (χ1n) is 4.84. The van der Waals surface area contributed by atoms with Crippen molar-refractivity contribution in [2.45, 2.75) is 26.3 Å². The molecular formula is C11H16BrNO2. The molecule has 0 heterocycles. The topological polar surface area (TPSA) is 66.5 Å². The lowest BCUT2D eigenvalue weighted by Gasteiger charge is -2.16. The normalized spacial score (nSPS) is 12.9. The van der Waals surface area contributed by atoms with Crippen LogP contribution < -0.4 is 5.73 Å². The molecule has 3 nitrogen and oxygen atoms in total. The number of aliphatic hydroxyl groups is 1. The monoisotopic (exact) mass is 273 g/mol. The zero-order chi connectivity index (χ0) is 11.6. The summed E-state index contributed by atoms with van der Waals surface area (Å²) in [5.41, 5.74) is 8.61. The van der Waals surface area contributed by atoms with Crippen molar-refractivity contribution in [1.82, 2.24) is 0 Å². The number of benzene rings is 1. The Morgan fingerprint density at radius 3 is 2.60 bits per heavy atom. The SMILES string of the molecule is Cc1cc(C(N)CCO)c(O)c(Br)c1C. The molecule has 0 amide bonds. The molecule has 0 aliphatic rings. The third-order valence-electron chi connectivity index (χ3n) is 2.61. The van der Waals surface area contributed by atoms with Crippen molar-refractivity contribution in [2.24, 2.45) is 5.73 Å². The number of hydrogen-bond acceptors (Lipinski definition) is 3. The van der Waals surface area contributed by atoms with Crippen LogP contribution in [0, 0.1) is 13.8 Å². The summed E-state index contributed by atoms with van der Waals surface area (Å²) in [6, 6.07) is 1.54. The molecule has 4 heteroatoms. The molecule has 1 rings (SSSR count). The highest BCUT2D eigenvalue weighted by atomic mass is 79.9. The number of phenolic OH excluding ortho intramolecular Hbond substituents is 1. The first-order valence-corrected chi connectivity index (χ1v) is 5.63. The van der Waals surface area contributed by atoms with Gasteiger partial charge in [0.1, 0.15) is 5.75 Å². The van der Waals surface area contributed by atoms with E-state index in [1.165, 1.54) is 0 Å². The third kappa shape index (κ3) is 2.51. The lowest BCUT2D eigenvalue weighted by atomic mass is 9.98. The van der Waals surface area contributed by atoms with E-state index < -0.39 is 0 Å². The Hall–Kier alpha value is -0.580. The van der Waals surface area contributed by atoms with Crippen LogP contribution in [0.15, 0.2) is 10.5 Å². The van der Waals surface area contributed by atoms with Crippen LogP contribution in [0.4, 0.5) is 0 Å². The molecule has 1 unspecified atom stereocenters. The summed E-state index contributed by atoms with van der Waals surface area (Å²) in [6.45, 7) is 3.92. The maximum absolute atomic E-state index is 9.89. The molecule has 1 aromatic carbocycles. The van der Waals surface area contributed by atoms with Crippen molar-refractivity contribution in [1.29, 1.82) is 0 Å². The number of nitrogens with two attached hydrogens (primary N) is 1. The van der Waals surface area contributed by atoms with E-state index in [1.807, 2.05) is 19.9 Å². The number of rotatable bonds is 3. The van der Waals surface area contributed by atoms with Gasteiger partial charge in [-0.3, -0.25) is 0 Å². The fourth-order valence-electron chi connectivity index (χ4n) is 1.46. The van der Waals surface area contributed by atoms with Crippen molar-refractivity contribution >= 4 is 15.9 Å². The smallest absolute Gasteiger partial charge is 0.134 e. The van der Waals surface area contributed by atoms with Crippen molar-refractivity contribution in [3.63, 3.8) is 0 Å². The Bertz CT molecular complexity index is 366. The van der Waals surface area contributed by atoms with Gasteiger partial charge in [-0.25, -0.2) is 0 Å². The maximum Gasteiger partial charge on any atom is 0.134 e. The Kier molecular flexibility index (Phi) is 4.13. The van der Waals surface area contributed by atoms with Crippen molar-refractivity contribution in [2.75, 3.05) is 6.61 Å². The minimum Gasteiger partial charge on any atom is -0.506 e. The molecular weight excluding hydrogens is 258 g/mol. The van der Waals surface area contributed by atoms with Gasteiger partial charge in [-0.05, 0) is 47.3 Å². The molecule has 0 spiro atoms. The van der Waals surface area contributed by atoms with E-state index in [0.717, 1.165) is 11.1 Å². The van der Waals surface area contributed by atoms with Crippen LogP contribution in [0.3, 0.4) is 0 Å². The number of aromatic hydroxyl groups is 1. The van der Waals surface area contributed by atoms with E-state index in [9.17, 15) is 5.11 Å². The Balaban J connectivity index is 3.19. The Labute approximate surface area is 98.1 Å². The van der Waals surface area contributed by atoms with Gasteiger partial charge in [0.15, 0.2) is 0 Å². The largest absolute Gasteiger partial charge is 0.506 e. The van der Waals surface area contributed by atoms with E-state index in [-0.39, 0.29) is 18.4 Å². The standard InChI is InChI=1S/C11H16BrNO2/c1-6-5-8(9(13)3-4-14)11(15)10(12)7(6)2/h5,9,14-15H,3-4,13H2,1-2H3. The second-order valence-corrected chi connectivity index (χ2v) is 4.48. The lowest BCUT2D eigenvalue weighted by Crippen LogP contribution is -2.12. The molecule has 0 aliphatic carbocycles. The number of halogens is 1. The molecule has 1 aromatic rings. The van der Waals surface area contributed by atoms with Gasteiger partial charge in [-0.1, -0.05) is 6.07 Å². The summed E-state index contributed by atoms with van der Waals surface area (Å²) in [5, 5.41) is 18.7. The highest BCUT2D eigenvalue weighted by Crippen LogP contribution is 2.36. The van der Waals surface area contributed by atoms with E-state index in [2.05, 4.69) is 15.9 Å². The summed E-state index contributed by atoms with van der Waals surface area (Å²) in [5.74, 6) is 0.180. The molecule has 84 valence electrons. The highest BCUT2D eigenvalue weighted by Gasteiger charge is 2.15. The molecule has 4 N–H and O–H groups in total. The van der Waals surface area contributed by atoms with Crippen molar-refractivity contribution in [3.8, 4) is 5.75 Å². The molecule has 15 heavy (non-hydrogen) atoms. The molecule has 0 saturated carbocycles. The first-order chi connectivity index (χ1) is 6.99. The Morgan fingerprint density at radius 1 is 1.47 bits per heavy atom. The predicted octanol–water partition coefficient (Wildman–Crippen LogP) is 2.15. The summed E-state index contributed by atoms with van der Waals surface area (Å²) in [4.78, 5) is 0. The van der Waals surface area contributed by atoms with Crippen LogP contribution in [0.1, 0.15) is 29.2 Å². The number of aryl methyl sites for hydroxylation is 1. The predicted molar refractivity (Wildman–Crippen MR) is 63.9 cm³/mol. The van der Waals surface area contributed by atoms with Gasteiger partial charge in [0.2, 0.25) is 0 Å². The molecule has 1 atom stereocenters. The van der Waals surface area contributed by atoms with Gasteiger partial charge < -0.3 is 15.9 Å². The van der Waals surface area contributed by atoms with E-state index in [4.69, 9.17) is 10.8 Å². The summed E-state index contributed by atoms with van der Waals surface area (Å²) in [6.07, 6.45) is 0.447. The fraction of sp³-hybridized carbons (Fsp3) is 0.455. The van der Waals surface area contributed by atoms with Crippen LogP contribution in [0.2, 0.25) is 0 Å². The number of phenols is 1. The van der Waals surface area contributed by atoms with Gasteiger partial charge in [0.25, 0.3) is 0 Å². The van der Waals surface area contributed by atoms with E-state index in [1.54, 1.807) is 0 Å². The third-order valence-corrected chi connectivity index (χ3v) is 3.58. The van der Waals surface area contributed by atoms with E-state index >= 15 is 0 Å². The van der Waals surface area contributed by atoms with Gasteiger partial charge in [-0.2, -0.15) is 0 Å². The van der Waals surface area contributed by atoms with Crippen LogP contribution in [-0.2, 0) is 0 Å². The average molecular weight is 274 g/mol. The highest BCUT2D eigenvalue weighted by molar-refractivity contribution is 9.10. The average Bonchev–Trinajstić information content (AvgIpc) is 2.20. The van der Waals surface area contributed by atoms with Gasteiger partial charge in [-0.15, -0.1) is 0 Å². The Morgan fingerprint density at radius 2 is 2.07 bits per heavy atom. The number of aliphatic hydroxyl groups excluding tert-OH is 1. The van der Waals surface area contributed by atoms with Crippen LogP contribution in [0.5, 0.6) is 5.75 Å². The number of hydrogen-bond donors (Lipinski definition) is 3. The fourth-order valence-corrected chi connectivity index (χ4v) is 2.01. The minimum absolute atomic E-state index is 0.0190. The quantitative estimate of drug-likeness (QED) is 0.791. The van der Waals surface area contributed by atoms with Crippen LogP contribution in [0.25, 0.3) is 0 Å². The molecule has 0 saturated heterocycles. The second-order valence-electron chi connectivity index (χ2n) is 3.69. The maximum atomic E-state index is 9.89. The first kappa shape index (κ1) is 12.5. The lowest BCUT2D eigenvalue weighted by molar-refractivity contribution is 0.275. The zero-order valence-electron chi connectivity index (χ0n) is 8.92. The molecule has 0 aliphatic heterocycles. The summed E-state index contributed by atoms with van der Waals surface area (Å²) >= 11 is 3.33. The molecule has 0 aromatic heterocycles. The van der Waals surface area contributed by atoms with Gasteiger partial charge in [0.05, 0.1) is 4.47 Å². The molecule has 0 radical (unpaired) electrons. The van der Waals surface area contributed by atoms with Gasteiger partial charge >= 0.3 is 0 Å².